The van der Waals surface area contributed by atoms with Gasteiger partial charge in [0.15, 0.2) is 0 Å². The van der Waals surface area contributed by atoms with Crippen LogP contribution in [0.4, 0.5) is 4.39 Å². The number of piperidine rings is 1. The normalized spacial score (nSPS) is 24.2. The number of nitrogens with zero attached hydrogens (tertiary/aromatic N) is 2. The molecule has 0 aliphatic carbocycles. The highest BCUT2D eigenvalue weighted by molar-refractivity contribution is 5.79. The molecule has 2 atom stereocenters. The van der Waals surface area contributed by atoms with Crippen LogP contribution in [0, 0.1) is 23.6 Å². The van der Waals surface area contributed by atoms with Crippen molar-refractivity contribution in [3.63, 3.8) is 0 Å². The van der Waals surface area contributed by atoms with E-state index >= 15 is 0 Å². The van der Waals surface area contributed by atoms with Crippen molar-refractivity contribution in [2.24, 2.45) is 17.8 Å². The summed E-state index contributed by atoms with van der Waals surface area (Å²) in [6, 6.07) is 6.28. The van der Waals surface area contributed by atoms with Crippen LogP contribution >= 0.6 is 0 Å². The van der Waals surface area contributed by atoms with Crippen molar-refractivity contribution in [3.05, 3.63) is 30.1 Å². The first-order valence-corrected chi connectivity index (χ1v) is 9.90. The van der Waals surface area contributed by atoms with Crippen LogP contribution in [0.25, 0.3) is 0 Å². The number of carbonyl (C=O) groups is 1. The van der Waals surface area contributed by atoms with Gasteiger partial charge < -0.3 is 14.5 Å². The van der Waals surface area contributed by atoms with E-state index in [4.69, 9.17) is 4.74 Å². The van der Waals surface area contributed by atoms with Crippen LogP contribution in [0.15, 0.2) is 24.3 Å². The second-order valence-corrected chi connectivity index (χ2v) is 8.21. The molecule has 0 aromatic heterocycles. The topological polar surface area (TPSA) is 32.8 Å². The highest BCUT2D eigenvalue weighted by atomic mass is 19.1. The van der Waals surface area contributed by atoms with E-state index in [1.54, 1.807) is 12.1 Å². The Morgan fingerprint density at radius 1 is 1.27 bits per heavy atom. The number of halogens is 1. The van der Waals surface area contributed by atoms with Crippen LogP contribution in [0.1, 0.15) is 33.1 Å². The van der Waals surface area contributed by atoms with Gasteiger partial charge in [-0.2, -0.15) is 0 Å². The van der Waals surface area contributed by atoms with Gasteiger partial charge in [-0.3, -0.25) is 4.79 Å². The van der Waals surface area contributed by atoms with Crippen molar-refractivity contribution in [2.45, 2.75) is 33.1 Å². The van der Waals surface area contributed by atoms with E-state index in [1.165, 1.54) is 12.1 Å². The SMILES string of the molecule is CC(C)CN1C[C@@H](COc2cccc(F)c2)C[C@@H](C(=O)N2CCCC2)C1. The molecule has 5 heteroatoms. The monoisotopic (exact) mass is 362 g/mol. The van der Waals surface area contributed by atoms with E-state index in [1.807, 2.05) is 4.90 Å². The summed E-state index contributed by atoms with van der Waals surface area (Å²) < 4.78 is 19.2. The van der Waals surface area contributed by atoms with E-state index in [0.717, 1.165) is 52.0 Å². The van der Waals surface area contributed by atoms with Gasteiger partial charge in [-0.05, 0) is 37.3 Å². The summed E-state index contributed by atoms with van der Waals surface area (Å²) in [5.74, 6) is 1.51. The first kappa shape index (κ1) is 19.2. The Morgan fingerprint density at radius 2 is 2.04 bits per heavy atom. The standard InChI is InChI=1S/C21H31FN2O2/c1-16(2)12-23-13-17(15-26-20-7-5-6-19(22)11-20)10-18(14-23)21(25)24-8-3-4-9-24/h5-7,11,16-18H,3-4,8-10,12-15H2,1-2H3/t17-,18+/m0/s1. The Kier molecular flexibility index (Phi) is 6.52. The van der Waals surface area contributed by atoms with E-state index < -0.39 is 0 Å². The largest absolute Gasteiger partial charge is 0.493 e. The quantitative estimate of drug-likeness (QED) is 0.777. The average Bonchev–Trinajstić information content (AvgIpc) is 3.13. The molecule has 0 spiro atoms. The minimum absolute atomic E-state index is 0.0571. The van der Waals surface area contributed by atoms with E-state index in [-0.39, 0.29) is 11.7 Å². The van der Waals surface area contributed by atoms with Crippen molar-refractivity contribution in [1.82, 2.24) is 9.80 Å². The molecule has 0 unspecified atom stereocenters. The lowest BCUT2D eigenvalue weighted by Crippen LogP contribution is -2.49. The van der Waals surface area contributed by atoms with Gasteiger partial charge in [0.25, 0.3) is 0 Å². The second kappa shape index (κ2) is 8.85. The highest BCUT2D eigenvalue weighted by Crippen LogP contribution is 2.27. The first-order chi connectivity index (χ1) is 12.5. The number of benzene rings is 1. The number of amides is 1. The van der Waals surface area contributed by atoms with Crippen molar-refractivity contribution < 1.29 is 13.9 Å². The average molecular weight is 362 g/mol. The minimum Gasteiger partial charge on any atom is -0.493 e. The van der Waals surface area contributed by atoms with Gasteiger partial charge in [0, 0.05) is 44.7 Å². The highest BCUT2D eigenvalue weighted by Gasteiger charge is 2.35. The third-order valence-electron chi connectivity index (χ3n) is 5.28. The Labute approximate surface area is 156 Å². The van der Waals surface area contributed by atoms with Crippen LogP contribution in [0.5, 0.6) is 5.75 Å². The smallest absolute Gasteiger partial charge is 0.226 e. The summed E-state index contributed by atoms with van der Waals surface area (Å²) in [6.07, 6.45) is 3.11. The minimum atomic E-state index is -0.283. The first-order valence-electron chi connectivity index (χ1n) is 9.90. The number of ether oxygens (including phenoxy) is 1. The molecule has 26 heavy (non-hydrogen) atoms. The van der Waals surface area contributed by atoms with Gasteiger partial charge in [0.05, 0.1) is 12.5 Å². The molecule has 4 nitrogen and oxygen atoms in total. The molecular formula is C21H31FN2O2. The molecule has 1 amide bonds. The van der Waals surface area contributed by atoms with Gasteiger partial charge >= 0.3 is 0 Å². The van der Waals surface area contributed by atoms with Gasteiger partial charge in [0.1, 0.15) is 11.6 Å². The Hall–Kier alpha value is -1.62. The molecule has 144 valence electrons. The zero-order valence-corrected chi connectivity index (χ0v) is 16.0. The van der Waals surface area contributed by atoms with Crippen LogP contribution in [-0.2, 0) is 4.79 Å². The molecule has 0 N–H and O–H groups in total. The molecule has 2 fully saturated rings. The van der Waals surface area contributed by atoms with Gasteiger partial charge in [-0.1, -0.05) is 19.9 Å². The van der Waals surface area contributed by atoms with Crippen LogP contribution < -0.4 is 4.74 Å². The number of likely N-dealkylation sites (tertiary alicyclic amines) is 2. The molecule has 1 aromatic carbocycles. The molecule has 2 aliphatic heterocycles. The summed E-state index contributed by atoms with van der Waals surface area (Å²) in [7, 11) is 0. The molecule has 1 aromatic rings. The molecule has 0 radical (unpaired) electrons. The Balaban J connectivity index is 1.62. The number of hydrogen-bond acceptors (Lipinski definition) is 3. The summed E-state index contributed by atoms with van der Waals surface area (Å²) in [6.45, 7) is 9.56. The van der Waals surface area contributed by atoms with E-state index in [9.17, 15) is 9.18 Å². The fourth-order valence-electron chi connectivity index (χ4n) is 4.23. The van der Waals surface area contributed by atoms with Crippen LogP contribution in [0.3, 0.4) is 0 Å². The number of carbonyl (C=O) groups excluding carboxylic acids is 1. The summed E-state index contributed by atoms with van der Waals surface area (Å²) in [5, 5.41) is 0. The number of hydrogen-bond donors (Lipinski definition) is 0. The van der Waals surface area contributed by atoms with Crippen LogP contribution in [-0.4, -0.2) is 55.0 Å². The maximum Gasteiger partial charge on any atom is 0.226 e. The van der Waals surface area contributed by atoms with Crippen molar-refractivity contribution in [2.75, 3.05) is 39.3 Å². The maximum absolute atomic E-state index is 13.3. The number of rotatable bonds is 6. The second-order valence-electron chi connectivity index (χ2n) is 8.21. The summed E-state index contributed by atoms with van der Waals surface area (Å²) >= 11 is 0. The fraction of sp³-hybridized carbons (Fsp3) is 0.667. The third kappa shape index (κ3) is 5.19. The fourth-order valence-corrected chi connectivity index (χ4v) is 4.23. The van der Waals surface area contributed by atoms with E-state index in [0.29, 0.717) is 30.1 Å². The zero-order chi connectivity index (χ0) is 18.5. The van der Waals surface area contributed by atoms with Gasteiger partial charge in [-0.15, -0.1) is 0 Å². The van der Waals surface area contributed by atoms with Crippen LogP contribution in [0.2, 0.25) is 0 Å². The molecule has 3 rings (SSSR count). The lowest BCUT2D eigenvalue weighted by molar-refractivity contribution is -0.137. The maximum atomic E-state index is 13.3. The van der Waals surface area contributed by atoms with Crippen molar-refractivity contribution in [3.8, 4) is 5.75 Å². The molecule has 2 heterocycles. The predicted molar refractivity (Wildman–Crippen MR) is 101 cm³/mol. The van der Waals surface area contributed by atoms with Gasteiger partial charge in [0.2, 0.25) is 5.91 Å². The van der Waals surface area contributed by atoms with Crippen molar-refractivity contribution >= 4 is 5.91 Å². The Bertz CT molecular complexity index is 601. The van der Waals surface area contributed by atoms with E-state index in [2.05, 4.69) is 18.7 Å². The molecule has 0 bridgehead atoms. The summed E-state index contributed by atoms with van der Waals surface area (Å²) in [4.78, 5) is 17.3. The molecule has 2 saturated heterocycles. The lowest BCUT2D eigenvalue weighted by Gasteiger charge is -2.39. The molecule has 0 saturated carbocycles. The van der Waals surface area contributed by atoms with Crippen molar-refractivity contribution in [1.29, 1.82) is 0 Å². The Morgan fingerprint density at radius 3 is 2.73 bits per heavy atom. The lowest BCUT2D eigenvalue weighted by atomic mass is 9.88. The molecule has 2 aliphatic rings. The van der Waals surface area contributed by atoms with Gasteiger partial charge in [-0.25, -0.2) is 4.39 Å². The predicted octanol–water partition coefficient (Wildman–Crippen LogP) is 3.42. The summed E-state index contributed by atoms with van der Waals surface area (Å²) in [5.41, 5.74) is 0. The third-order valence-corrected chi connectivity index (χ3v) is 5.28. The molecular weight excluding hydrogens is 331 g/mol. The zero-order valence-electron chi connectivity index (χ0n) is 16.0.